The Morgan fingerprint density at radius 2 is 1.68 bits per heavy atom. The van der Waals surface area contributed by atoms with E-state index in [0.717, 1.165) is 5.92 Å². The van der Waals surface area contributed by atoms with Crippen LogP contribution in [-0.2, 0) is 0 Å². The molecule has 2 fully saturated rings. The SMILES string of the molecule is CCC(CC)(C(CC1CCCC1)NN)N1CCCC1. The van der Waals surface area contributed by atoms with Crippen molar-refractivity contribution in [3.8, 4) is 0 Å². The maximum Gasteiger partial charge on any atom is 0.0397 e. The van der Waals surface area contributed by atoms with Gasteiger partial charge in [0.05, 0.1) is 0 Å². The van der Waals surface area contributed by atoms with Crippen molar-refractivity contribution in [2.75, 3.05) is 13.1 Å². The van der Waals surface area contributed by atoms with Gasteiger partial charge >= 0.3 is 0 Å². The van der Waals surface area contributed by atoms with Crippen LogP contribution in [-0.4, -0.2) is 29.6 Å². The fraction of sp³-hybridized carbons (Fsp3) is 1.00. The lowest BCUT2D eigenvalue weighted by molar-refractivity contribution is 0.0520. The maximum atomic E-state index is 5.98. The van der Waals surface area contributed by atoms with E-state index in [1.807, 2.05) is 0 Å². The molecule has 3 N–H and O–H groups in total. The lowest BCUT2D eigenvalue weighted by Crippen LogP contribution is -2.62. The molecule has 0 spiro atoms. The summed E-state index contributed by atoms with van der Waals surface area (Å²) in [5.74, 6) is 6.88. The zero-order valence-corrected chi connectivity index (χ0v) is 13.0. The van der Waals surface area contributed by atoms with Gasteiger partial charge in [0.15, 0.2) is 0 Å². The summed E-state index contributed by atoms with van der Waals surface area (Å²) in [6, 6.07) is 0.462. The van der Waals surface area contributed by atoms with E-state index in [0.29, 0.717) is 6.04 Å². The molecule has 0 aromatic heterocycles. The highest BCUT2D eigenvalue weighted by atomic mass is 15.3. The van der Waals surface area contributed by atoms with Crippen molar-refractivity contribution in [1.82, 2.24) is 10.3 Å². The van der Waals surface area contributed by atoms with E-state index in [1.54, 1.807) is 0 Å². The normalized spacial score (nSPS) is 24.2. The van der Waals surface area contributed by atoms with Gasteiger partial charge in [-0.05, 0) is 51.1 Å². The molecule has 0 bridgehead atoms. The Labute approximate surface area is 119 Å². The van der Waals surface area contributed by atoms with Crippen molar-refractivity contribution >= 4 is 0 Å². The molecule has 19 heavy (non-hydrogen) atoms. The molecule has 0 radical (unpaired) electrons. The molecule has 3 heteroatoms. The third-order valence-electron chi connectivity index (χ3n) is 5.85. The monoisotopic (exact) mass is 267 g/mol. The Morgan fingerprint density at radius 1 is 1.11 bits per heavy atom. The molecule has 1 atom stereocenters. The fourth-order valence-corrected chi connectivity index (χ4v) is 4.59. The van der Waals surface area contributed by atoms with E-state index in [-0.39, 0.29) is 5.54 Å². The van der Waals surface area contributed by atoms with Crippen LogP contribution in [0.25, 0.3) is 0 Å². The number of hydrogen-bond donors (Lipinski definition) is 2. The van der Waals surface area contributed by atoms with Crippen LogP contribution >= 0.6 is 0 Å². The minimum absolute atomic E-state index is 0.286. The highest BCUT2D eigenvalue weighted by Crippen LogP contribution is 2.37. The highest BCUT2D eigenvalue weighted by molar-refractivity contribution is 5.00. The van der Waals surface area contributed by atoms with E-state index in [1.165, 1.54) is 70.9 Å². The molecule has 0 aromatic rings. The zero-order valence-electron chi connectivity index (χ0n) is 13.0. The van der Waals surface area contributed by atoms with Crippen molar-refractivity contribution in [3.63, 3.8) is 0 Å². The number of nitrogens with one attached hydrogen (secondary N) is 1. The molecule has 3 nitrogen and oxygen atoms in total. The van der Waals surface area contributed by atoms with Crippen LogP contribution in [0.3, 0.4) is 0 Å². The average Bonchev–Trinajstić information content (AvgIpc) is 3.12. The lowest BCUT2D eigenvalue weighted by atomic mass is 9.78. The van der Waals surface area contributed by atoms with Gasteiger partial charge in [0.1, 0.15) is 0 Å². The van der Waals surface area contributed by atoms with E-state index >= 15 is 0 Å². The van der Waals surface area contributed by atoms with Gasteiger partial charge < -0.3 is 0 Å². The van der Waals surface area contributed by atoms with Gasteiger partial charge in [-0.25, -0.2) is 0 Å². The fourth-order valence-electron chi connectivity index (χ4n) is 4.59. The van der Waals surface area contributed by atoms with Gasteiger partial charge in [-0.2, -0.15) is 0 Å². The van der Waals surface area contributed by atoms with Crippen molar-refractivity contribution < 1.29 is 0 Å². The third-order valence-corrected chi connectivity index (χ3v) is 5.85. The van der Waals surface area contributed by atoms with Crippen LogP contribution in [0.1, 0.15) is 71.6 Å². The first kappa shape index (κ1) is 15.3. The standard InChI is InChI=1S/C16H33N3/c1-3-16(4-2,19-11-7-8-12-19)15(18-17)13-14-9-5-6-10-14/h14-15,18H,3-13,17H2,1-2H3. The summed E-state index contributed by atoms with van der Waals surface area (Å²) < 4.78 is 0. The molecule has 112 valence electrons. The number of rotatable bonds is 7. The molecular formula is C16H33N3. The van der Waals surface area contributed by atoms with Crippen LogP contribution in [0.4, 0.5) is 0 Å². The number of nitrogens with two attached hydrogens (primary N) is 1. The minimum Gasteiger partial charge on any atom is -0.296 e. The van der Waals surface area contributed by atoms with Gasteiger partial charge in [-0.1, -0.05) is 39.5 Å². The zero-order chi connectivity index (χ0) is 13.7. The molecule has 2 rings (SSSR count). The van der Waals surface area contributed by atoms with Gasteiger partial charge in [-0.15, -0.1) is 0 Å². The van der Waals surface area contributed by atoms with Gasteiger partial charge in [0, 0.05) is 11.6 Å². The van der Waals surface area contributed by atoms with Crippen molar-refractivity contribution in [2.24, 2.45) is 11.8 Å². The Kier molecular flexibility index (Phi) is 5.67. The predicted molar refractivity (Wildman–Crippen MR) is 81.8 cm³/mol. The quantitative estimate of drug-likeness (QED) is 0.550. The maximum absolute atomic E-state index is 5.98. The molecular weight excluding hydrogens is 234 g/mol. The van der Waals surface area contributed by atoms with Crippen LogP contribution in [0.5, 0.6) is 0 Å². The van der Waals surface area contributed by atoms with E-state index in [4.69, 9.17) is 5.84 Å². The Hall–Kier alpha value is -0.120. The molecule has 1 unspecified atom stereocenters. The van der Waals surface area contributed by atoms with Crippen LogP contribution in [0.15, 0.2) is 0 Å². The summed E-state index contributed by atoms with van der Waals surface area (Å²) in [6.07, 6.45) is 12.1. The van der Waals surface area contributed by atoms with Crippen molar-refractivity contribution in [2.45, 2.75) is 83.2 Å². The van der Waals surface area contributed by atoms with Gasteiger partial charge in [0.25, 0.3) is 0 Å². The van der Waals surface area contributed by atoms with Gasteiger partial charge in [-0.3, -0.25) is 16.2 Å². The van der Waals surface area contributed by atoms with Crippen LogP contribution < -0.4 is 11.3 Å². The molecule has 1 aliphatic heterocycles. The molecule has 1 aliphatic carbocycles. The smallest absolute Gasteiger partial charge is 0.0397 e. The first-order chi connectivity index (χ1) is 9.26. The number of hydrazine groups is 1. The summed E-state index contributed by atoms with van der Waals surface area (Å²) in [6.45, 7) is 7.23. The Morgan fingerprint density at radius 3 is 2.16 bits per heavy atom. The average molecular weight is 267 g/mol. The van der Waals surface area contributed by atoms with E-state index < -0.39 is 0 Å². The second kappa shape index (κ2) is 7.05. The molecule has 1 heterocycles. The van der Waals surface area contributed by atoms with E-state index in [9.17, 15) is 0 Å². The van der Waals surface area contributed by atoms with Gasteiger partial charge in [0.2, 0.25) is 0 Å². The first-order valence-corrected chi connectivity index (χ1v) is 8.48. The number of likely N-dealkylation sites (tertiary alicyclic amines) is 1. The molecule has 0 aromatic carbocycles. The Bertz CT molecular complexity index is 251. The topological polar surface area (TPSA) is 41.3 Å². The van der Waals surface area contributed by atoms with E-state index in [2.05, 4.69) is 24.2 Å². The minimum atomic E-state index is 0.286. The molecule has 1 saturated heterocycles. The Balaban J connectivity index is 2.08. The number of nitrogens with zero attached hydrogens (tertiary/aromatic N) is 1. The molecule has 2 aliphatic rings. The largest absolute Gasteiger partial charge is 0.296 e. The summed E-state index contributed by atoms with van der Waals surface area (Å²) in [5, 5.41) is 0. The van der Waals surface area contributed by atoms with Crippen molar-refractivity contribution in [1.29, 1.82) is 0 Å². The number of hydrogen-bond acceptors (Lipinski definition) is 3. The lowest BCUT2D eigenvalue weighted by Gasteiger charge is -2.47. The summed E-state index contributed by atoms with van der Waals surface area (Å²) in [5.41, 5.74) is 3.49. The predicted octanol–water partition coefficient (Wildman–Crippen LogP) is 3.05. The van der Waals surface area contributed by atoms with Crippen molar-refractivity contribution in [3.05, 3.63) is 0 Å². The molecule has 1 saturated carbocycles. The second-order valence-corrected chi connectivity index (χ2v) is 6.61. The van der Waals surface area contributed by atoms with Crippen LogP contribution in [0.2, 0.25) is 0 Å². The highest BCUT2D eigenvalue weighted by Gasteiger charge is 2.42. The van der Waals surface area contributed by atoms with Crippen LogP contribution in [0, 0.1) is 5.92 Å². The summed E-state index contributed by atoms with van der Waals surface area (Å²) >= 11 is 0. The summed E-state index contributed by atoms with van der Waals surface area (Å²) in [7, 11) is 0. The molecule has 0 amide bonds. The third kappa shape index (κ3) is 3.14. The first-order valence-electron chi connectivity index (χ1n) is 8.48. The second-order valence-electron chi connectivity index (χ2n) is 6.61. The summed E-state index contributed by atoms with van der Waals surface area (Å²) in [4.78, 5) is 2.73.